The number of nitrogens with one attached hydrogen (secondary N) is 1. The maximum Gasteiger partial charge on any atom is 0.418 e. The summed E-state index contributed by atoms with van der Waals surface area (Å²) in [6, 6.07) is 3.85. The molecule has 2 nitrogen and oxygen atoms in total. The number of anilines is 1. The molecule has 0 amide bonds. The zero-order valence-corrected chi connectivity index (χ0v) is 12.2. The molecule has 2 fully saturated rings. The van der Waals surface area contributed by atoms with Crippen LogP contribution in [-0.4, -0.2) is 18.2 Å². The SMILES string of the molecule is FC(F)(F)c1cccc(Cl)c1NC1CCOC2(CCC2)C1. The average molecular weight is 320 g/mol. The second kappa shape index (κ2) is 5.36. The van der Waals surface area contributed by atoms with Gasteiger partial charge in [0.15, 0.2) is 0 Å². The van der Waals surface area contributed by atoms with E-state index in [0.717, 1.165) is 31.7 Å². The van der Waals surface area contributed by atoms with Crippen molar-refractivity contribution >= 4 is 17.3 Å². The van der Waals surface area contributed by atoms with E-state index in [0.29, 0.717) is 13.0 Å². The number of para-hydroxylation sites is 1. The highest BCUT2D eigenvalue weighted by Gasteiger charge is 2.43. The van der Waals surface area contributed by atoms with E-state index in [1.165, 1.54) is 12.1 Å². The van der Waals surface area contributed by atoms with Gasteiger partial charge in [-0.1, -0.05) is 17.7 Å². The summed E-state index contributed by atoms with van der Waals surface area (Å²) in [7, 11) is 0. The van der Waals surface area contributed by atoms with Crippen LogP contribution < -0.4 is 5.32 Å². The van der Waals surface area contributed by atoms with Crippen LogP contribution in [0.5, 0.6) is 0 Å². The summed E-state index contributed by atoms with van der Waals surface area (Å²) in [5.41, 5.74) is -0.826. The van der Waals surface area contributed by atoms with Crippen molar-refractivity contribution in [2.45, 2.75) is 49.9 Å². The molecule has 1 heterocycles. The highest BCUT2D eigenvalue weighted by molar-refractivity contribution is 6.33. The van der Waals surface area contributed by atoms with E-state index in [1.54, 1.807) is 0 Å². The van der Waals surface area contributed by atoms with Crippen LogP contribution in [0.2, 0.25) is 5.02 Å². The fourth-order valence-corrected chi connectivity index (χ4v) is 3.41. The van der Waals surface area contributed by atoms with Gasteiger partial charge in [0.2, 0.25) is 0 Å². The number of ether oxygens (including phenoxy) is 1. The van der Waals surface area contributed by atoms with Crippen molar-refractivity contribution in [1.29, 1.82) is 0 Å². The first-order valence-electron chi connectivity index (χ1n) is 7.16. The molecule has 3 rings (SSSR count). The van der Waals surface area contributed by atoms with E-state index < -0.39 is 11.7 Å². The molecule has 1 aromatic carbocycles. The van der Waals surface area contributed by atoms with Gasteiger partial charge in [-0.05, 0) is 44.2 Å². The van der Waals surface area contributed by atoms with Gasteiger partial charge in [0.1, 0.15) is 0 Å². The van der Waals surface area contributed by atoms with Crippen molar-refractivity contribution in [3.8, 4) is 0 Å². The number of rotatable bonds is 2. The largest absolute Gasteiger partial charge is 0.418 e. The minimum Gasteiger partial charge on any atom is -0.380 e. The van der Waals surface area contributed by atoms with E-state index in [-0.39, 0.29) is 22.4 Å². The molecule has 0 aromatic heterocycles. The number of benzene rings is 1. The Hall–Kier alpha value is -0.940. The predicted molar refractivity (Wildman–Crippen MR) is 75.6 cm³/mol. The molecular formula is C15H17ClF3NO. The third kappa shape index (κ3) is 2.99. The van der Waals surface area contributed by atoms with Crippen molar-refractivity contribution in [1.82, 2.24) is 0 Å². The van der Waals surface area contributed by atoms with Gasteiger partial charge in [-0.15, -0.1) is 0 Å². The normalized spacial score (nSPS) is 24.7. The molecule has 1 aliphatic carbocycles. The highest BCUT2D eigenvalue weighted by atomic mass is 35.5. The molecule has 1 N–H and O–H groups in total. The van der Waals surface area contributed by atoms with Gasteiger partial charge in [0, 0.05) is 12.6 Å². The van der Waals surface area contributed by atoms with Crippen molar-refractivity contribution in [3.05, 3.63) is 28.8 Å². The van der Waals surface area contributed by atoms with Crippen LogP contribution in [-0.2, 0) is 10.9 Å². The second-order valence-corrected chi connectivity index (χ2v) is 6.29. The summed E-state index contributed by atoms with van der Waals surface area (Å²) in [6.07, 6.45) is 0.165. The molecule has 0 radical (unpaired) electrons. The van der Waals surface area contributed by atoms with Gasteiger partial charge in [0.25, 0.3) is 0 Å². The first-order chi connectivity index (χ1) is 9.90. The van der Waals surface area contributed by atoms with Gasteiger partial charge in [-0.3, -0.25) is 0 Å². The smallest absolute Gasteiger partial charge is 0.380 e. The fourth-order valence-electron chi connectivity index (χ4n) is 3.18. The summed E-state index contributed by atoms with van der Waals surface area (Å²) < 4.78 is 45.1. The molecule has 1 unspecified atom stereocenters. The Kier molecular flexibility index (Phi) is 3.82. The molecule has 6 heteroatoms. The van der Waals surface area contributed by atoms with E-state index >= 15 is 0 Å². The molecule has 1 saturated carbocycles. The van der Waals surface area contributed by atoms with Gasteiger partial charge in [0.05, 0.1) is 21.9 Å². The Bertz CT molecular complexity index is 528. The molecule has 0 bridgehead atoms. The van der Waals surface area contributed by atoms with Gasteiger partial charge in [-0.2, -0.15) is 13.2 Å². The van der Waals surface area contributed by atoms with E-state index in [4.69, 9.17) is 16.3 Å². The maximum atomic E-state index is 13.1. The Balaban J connectivity index is 1.81. The van der Waals surface area contributed by atoms with E-state index in [1.807, 2.05) is 0 Å². The monoisotopic (exact) mass is 319 g/mol. The lowest BCUT2D eigenvalue weighted by Crippen LogP contribution is -2.49. The third-order valence-electron chi connectivity index (χ3n) is 4.43. The molecule has 1 saturated heterocycles. The predicted octanol–water partition coefficient (Wildman–Crippen LogP) is 4.87. The summed E-state index contributed by atoms with van der Waals surface area (Å²) >= 11 is 5.98. The standard InChI is InChI=1S/C15H17ClF3NO/c16-12-4-1-3-11(15(17,18)19)13(12)20-10-5-8-21-14(9-10)6-2-7-14/h1,3-4,10,20H,2,5-9H2. The maximum absolute atomic E-state index is 13.1. The first kappa shape index (κ1) is 15.0. The summed E-state index contributed by atoms with van der Waals surface area (Å²) in [5.74, 6) is 0. The summed E-state index contributed by atoms with van der Waals surface area (Å²) in [5, 5.41) is 3.13. The van der Waals surface area contributed by atoms with Gasteiger partial charge < -0.3 is 10.1 Å². The molecular weight excluding hydrogens is 303 g/mol. The van der Waals surface area contributed by atoms with Crippen LogP contribution in [0.15, 0.2) is 18.2 Å². The van der Waals surface area contributed by atoms with Crippen molar-refractivity contribution < 1.29 is 17.9 Å². The molecule has 1 spiro atoms. The third-order valence-corrected chi connectivity index (χ3v) is 4.74. The Morgan fingerprint density at radius 1 is 1.29 bits per heavy atom. The van der Waals surface area contributed by atoms with Gasteiger partial charge >= 0.3 is 6.18 Å². The zero-order valence-electron chi connectivity index (χ0n) is 11.5. The first-order valence-corrected chi connectivity index (χ1v) is 7.54. The van der Waals surface area contributed by atoms with E-state index in [2.05, 4.69) is 5.32 Å². The van der Waals surface area contributed by atoms with Crippen LogP contribution in [0.1, 0.15) is 37.7 Å². The quantitative estimate of drug-likeness (QED) is 0.839. The van der Waals surface area contributed by atoms with Crippen molar-refractivity contribution in [2.24, 2.45) is 0 Å². The Morgan fingerprint density at radius 2 is 2.05 bits per heavy atom. The fraction of sp³-hybridized carbons (Fsp3) is 0.600. The summed E-state index contributed by atoms with van der Waals surface area (Å²) in [6.45, 7) is 0.587. The van der Waals surface area contributed by atoms with Gasteiger partial charge in [-0.25, -0.2) is 0 Å². The zero-order chi connectivity index (χ0) is 15.1. The lowest BCUT2D eigenvalue weighted by Gasteiger charge is -2.47. The van der Waals surface area contributed by atoms with Crippen molar-refractivity contribution in [2.75, 3.05) is 11.9 Å². The van der Waals surface area contributed by atoms with Crippen LogP contribution in [0.4, 0.5) is 18.9 Å². The van der Waals surface area contributed by atoms with Crippen LogP contribution in [0, 0.1) is 0 Å². The second-order valence-electron chi connectivity index (χ2n) is 5.88. The molecule has 1 aliphatic heterocycles. The van der Waals surface area contributed by atoms with Crippen molar-refractivity contribution in [3.63, 3.8) is 0 Å². The number of alkyl halides is 3. The average Bonchev–Trinajstić information content (AvgIpc) is 2.38. The molecule has 116 valence electrons. The molecule has 21 heavy (non-hydrogen) atoms. The minimum atomic E-state index is -4.41. The lowest BCUT2D eigenvalue weighted by atomic mass is 9.74. The van der Waals surface area contributed by atoms with Crippen LogP contribution >= 0.6 is 11.6 Å². The topological polar surface area (TPSA) is 21.3 Å². The molecule has 2 aliphatic rings. The number of hydrogen-bond acceptors (Lipinski definition) is 2. The van der Waals surface area contributed by atoms with Crippen LogP contribution in [0.3, 0.4) is 0 Å². The minimum absolute atomic E-state index is 0.00644. The molecule has 1 atom stereocenters. The van der Waals surface area contributed by atoms with Crippen LogP contribution in [0.25, 0.3) is 0 Å². The van der Waals surface area contributed by atoms with E-state index in [9.17, 15) is 13.2 Å². The summed E-state index contributed by atoms with van der Waals surface area (Å²) in [4.78, 5) is 0. The molecule has 1 aromatic rings. The number of hydrogen-bond donors (Lipinski definition) is 1. The Morgan fingerprint density at radius 3 is 2.67 bits per heavy atom. The Labute approximate surface area is 126 Å². The number of halogens is 4. The highest BCUT2D eigenvalue weighted by Crippen LogP contribution is 2.44. The lowest BCUT2D eigenvalue weighted by molar-refractivity contribution is -0.137.